The fourth-order valence-corrected chi connectivity index (χ4v) is 3.81. The van der Waals surface area contributed by atoms with Gasteiger partial charge in [0.1, 0.15) is 5.82 Å². The largest absolute Gasteiger partial charge is 0.383 e. The summed E-state index contributed by atoms with van der Waals surface area (Å²) < 4.78 is 7.29. The van der Waals surface area contributed by atoms with E-state index in [2.05, 4.69) is 26.9 Å². The zero-order valence-corrected chi connectivity index (χ0v) is 15.4. The highest BCUT2D eigenvalue weighted by Gasteiger charge is 2.20. The van der Waals surface area contributed by atoms with Crippen molar-refractivity contribution in [1.82, 2.24) is 19.7 Å². The van der Waals surface area contributed by atoms with Gasteiger partial charge in [-0.1, -0.05) is 42.1 Å². The third-order valence-corrected chi connectivity index (χ3v) is 5.25. The molecule has 1 aromatic heterocycles. The van der Waals surface area contributed by atoms with E-state index in [9.17, 15) is 4.79 Å². The highest BCUT2D eigenvalue weighted by atomic mass is 32.2. The fourth-order valence-electron chi connectivity index (χ4n) is 2.93. The van der Waals surface area contributed by atoms with E-state index in [1.807, 2.05) is 23.1 Å². The molecular formula is C18H24N4O2S. The molecule has 0 saturated carbocycles. The Kier molecular flexibility index (Phi) is 6.47. The molecule has 25 heavy (non-hydrogen) atoms. The minimum absolute atomic E-state index is 0.188. The van der Waals surface area contributed by atoms with Crippen LogP contribution in [0, 0.1) is 0 Å². The van der Waals surface area contributed by atoms with Gasteiger partial charge in [-0.05, 0) is 18.4 Å². The summed E-state index contributed by atoms with van der Waals surface area (Å²) in [7, 11) is 1.69. The van der Waals surface area contributed by atoms with Gasteiger partial charge in [0, 0.05) is 33.2 Å². The Labute approximate surface area is 152 Å². The number of rotatable bonds is 8. The van der Waals surface area contributed by atoms with Crippen molar-refractivity contribution in [1.29, 1.82) is 0 Å². The first-order chi connectivity index (χ1) is 12.3. The van der Waals surface area contributed by atoms with Gasteiger partial charge in [-0.3, -0.25) is 4.79 Å². The molecule has 134 valence electrons. The van der Waals surface area contributed by atoms with Gasteiger partial charge in [0.25, 0.3) is 0 Å². The maximum Gasteiger partial charge on any atom is 0.233 e. The smallest absolute Gasteiger partial charge is 0.233 e. The molecule has 1 aliphatic heterocycles. The first-order valence-corrected chi connectivity index (χ1v) is 9.62. The van der Waals surface area contributed by atoms with Crippen molar-refractivity contribution in [3.63, 3.8) is 0 Å². The minimum atomic E-state index is 0.188. The molecule has 0 bridgehead atoms. The van der Waals surface area contributed by atoms with Crippen LogP contribution in [-0.4, -0.2) is 58.1 Å². The quantitative estimate of drug-likeness (QED) is 0.676. The van der Waals surface area contributed by atoms with Crippen LogP contribution in [0.15, 0.2) is 35.5 Å². The van der Waals surface area contributed by atoms with Gasteiger partial charge in [0.05, 0.1) is 12.4 Å². The second kappa shape index (κ2) is 9.01. The molecule has 0 N–H and O–H groups in total. The van der Waals surface area contributed by atoms with E-state index in [0.717, 1.165) is 43.3 Å². The number of ether oxygens (including phenoxy) is 1. The number of likely N-dealkylation sites (tertiary alicyclic amines) is 1. The Balaban J connectivity index is 1.68. The van der Waals surface area contributed by atoms with E-state index >= 15 is 0 Å². The van der Waals surface area contributed by atoms with Gasteiger partial charge in [-0.15, -0.1) is 10.2 Å². The molecular weight excluding hydrogens is 336 g/mol. The number of methoxy groups -OCH3 is 1. The number of thioether (sulfide) groups is 1. The molecule has 1 aliphatic rings. The Morgan fingerprint density at radius 3 is 2.68 bits per heavy atom. The summed E-state index contributed by atoms with van der Waals surface area (Å²) >= 11 is 1.47. The highest BCUT2D eigenvalue weighted by Crippen LogP contribution is 2.20. The number of nitrogens with zero attached hydrogens (tertiary/aromatic N) is 4. The molecule has 0 atom stereocenters. The molecule has 1 aromatic carbocycles. The molecule has 0 aliphatic carbocycles. The van der Waals surface area contributed by atoms with Crippen LogP contribution < -0.4 is 0 Å². The van der Waals surface area contributed by atoms with E-state index < -0.39 is 0 Å². The van der Waals surface area contributed by atoms with Crippen molar-refractivity contribution in [3.05, 3.63) is 41.7 Å². The van der Waals surface area contributed by atoms with Gasteiger partial charge in [-0.2, -0.15) is 0 Å². The lowest BCUT2D eigenvalue weighted by Gasteiger charge is -2.15. The average Bonchev–Trinajstić information content (AvgIpc) is 3.29. The van der Waals surface area contributed by atoms with Crippen molar-refractivity contribution in [2.75, 3.05) is 32.6 Å². The lowest BCUT2D eigenvalue weighted by molar-refractivity contribution is -0.127. The monoisotopic (exact) mass is 360 g/mol. The zero-order chi connectivity index (χ0) is 17.5. The SMILES string of the molecule is COCCn1c(Cc2ccccc2)nnc1SCC(=O)N1CCCC1. The molecule has 0 unspecified atom stereocenters. The Hall–Kier alpha value is -1.86. The lowest BCUT2D eigenvalue weighted by Crippen LogP contribution is -2.29. The van der Waals surface area contributed by atoms with E-state index in [1.165, 1.54) is 17.3 Å². The summed E-state index contributed by atoms with van der Waals surface area (Å²) in [6.45, 7) is 3.05. The number of hydrogen-bond acceptors (Lipinski definition) is 5. The van der Waals surface area contributed by atoms with Crippen molar-refractivity contribution in [2.45, 2.75) is 31.0 Å². The highest BCUT2D eigenvalue weighted by molar-refractivity contribution is 7.99. The molecule has 6 nitrogen and oxygen atoms in total. The van der Waals surface area contributed by atoms with Gasteiger partial charge in [0.2, 0.25) is 5.91 Å². The predicted molar refractivity (Wildman–Crippen MR) is 97.7 cm³/mol. The molecule has 0 spiro atoms. The molecule has 2 heterocycles. The van der Waals surface area contributed by atoms with E-state index in [-0.39, 0.29) is 5.91 Å². The van der Waals surface area contributed by atoms with Gasteiger partial charge >= 0.3 is 0 Å². The average molecular weight is 360 g/mol. The second-order valence-electron chi connectivity index (χ2n) is 6.08. The second-order valence-corrected chi connectivity index (χ2v) is 7.02. The molecule has 7 heteroatoms. The zero-order valence-electron chi connectivity index (χ0n) is 14.6. The van der Waals surface area contributed by atoms with Crippen molar-refractivity contribution in [3.8, 4) is 0 Å². The first kappa shape index (κ1) is 17.9. The minimum Gasteiger partial charge on any atom is -0.383 e. The number of amides is 1. The van der Waals surface area contributed by atoms with Crippen molar-refractivity contribution in [2.24, 2.45) is 0 Å². The van der Waals surface area contributed by atoms with Crippen LogP contribution in [0.2, 0.25) is 0 Å². The molecule has 0 radical (unpaired) electrons. The predicted octanol–water partition coefficient (Wildman–Crippen LogP) is 2.23. The normalized spacial score (nSPS) is 14.2. The topological polar surface area (TPSA) is 60.2 Å². The molecule has 1 amide bonds. The van der Waals surface area contributed by atoms with Crippen LogP contribution in [0.4, 0.5) is 0 Å². The van der Waals surface area contributed by atoms with Crippen LogP contribution in [0.3, 0.4) is 0 Å². The Morgan fingerprint density at radius 2 is 1.96 bits per heavy atom. The summed E-state index contributed by atoms with van der Waals surface area (Å²) in [6.07, 6.45) is 2.95. The molecule has 2 aromatic rings. The van der Waals surface area contributed by atoms with E-state index in [4.69, 9.17) is 4.74 Å². The third-order valence-electron chi connectivity index (χ3n) is 4.30. The summed E-state index contributed by atoms with van der Waals surface area (Å²) in [5, 5.41) is 9.45. The van der Waals surface area contributed by atoms with Gasteiger partial charge in [0.15, 0.2) is 5.16 Å². The maximum absolute atomic E-state index is 12.3. The number of benzene rings is 1. The number of carbonyl (C=O) groups is 1. The Bertz CT molecular complexity index is 684. The molecule has 1 saturated heterocycles. The van der Waals surface area contributed by atoms with Crippen molar-refractivity contribution >= 4 is 17.7 Å². The summed E-state index contributed by atoms with van der Waals surface area (Å²) in [4.78, 5) is 14.2. The van der Waals surface area contributed by atoms with Crippen LogP contribution in [0.1, 0.15) is 24.2 Å². The maximum atomic E-state index is 12.3. The van der Waals surface area contributed by atoms with Crippen molar-refractivity contribution < 1.29 is 9.53 Å². The summed E-state index contributed by atoms with van der Waals surface area (Å²) in [5.41, 5.74) is 1.19. The third kappa shape index (κ3) is 4.83. The molecule has 1 fully saturated rings. The number of hydrogen-bond donors (Lipinski definition) is 0. The number of carbonyl (C=O) groups excluding carboxylic acids is 1. The summed E-state index contributed by atoms with van der Waals surface area (Å²) in [5.74, 6) is 1.50. The van der Waals surface area contributed by atoms with Gasteiger partial charge in [-0.25, -0.2) is 0 Å². The Morgan fingerprint density at radius 1 is 1.20 bits per heavy atom. The van der Waals surface area contributed by atoms with Gasteiger partial charge < -0.3 is 14.2 Å². The standard InChI is InChI=1S/C18H24N4O2S/c1-24-12-11-22-16(13-15-7-3-2-4-8-15)19-20-18(22)25-14-17(23)21-9-5-6-10-21/h2-4,7-8H,5-6,9-14H2,1H3. The fraction of sp³-hybridized carbons (Fsp3) is 0.500. The van der Waals surface area contributed by atoms with E-state index in [0.29, 0.717) is 18.9 Å². The first-order valence-electron chi connectivity index (χ1n) is 8.63. The van der Waals surface area contributed by atoms with Crippen LogP contribution in [0.25, 0.3) is 0 Å². The van der Waals surface area contributed by atoms with Crippen LogP contribution in [-0.2, 0) is 22.5 Å². The van der Waals surface area contributed by atoms with Crippen LogP contribution >= 0.6 is 11.8 Å². The van der Waals surface area contributed by atoms with E-state index in [1.54, 1.807) is 7.11 Å². The lowest BCUT2D eigenvalue weighted by atomic mass is 10.1. The molecule has 3 rings (SSSR count). The van der Waals surface area contributed by atoms with Crippen LogP contribution in [0.5, 0.6) is 0 Å². The summed E-state index contributed by atoms with van der Waals surface area (Å²) in [6, 6.07) is 10.2. The number of aromatic nitrogens is 3.